The quantitative estimate of drug-likeness (QED) is 0.657. The van der Waals surface area contributed by atoms with Gasteiger partial charge in [-0.05, 0) is 31.0 Å². The van der Waals surface area contributed by atoms with Crippen molar-refractivity contribution in [1.29, 1.82) is 0 Å². The van der Waals surface area contributed by atoms with Crippen LogP contribution in [0.5, 0.6) is 5.75 Å². The molecule has 0 fully saturated rings. The fourth-order valence-corrected chi connectivity index (χ4v) is 1.86. The van der Waals surface area contributed by atoms with Gasteiger partial charge in [0.1, 0.15) is 11.8 Å². The summed E-state index contributed by atoms with van der Waals surface area (Å²) in [5.74, 6) is -0.959. The molecule has 1 aromatic rings. The Morgan fingerprint density at radius 3 is 2.28 bits per heavy atom. The predicted molar refractivity (Wildman–Crippen MR) is 93.3 cm³/mol. The molecule has 0 heterocycles. The lowest BCUT2D eigenvalue weighted by atomic mass is 9.95. The first-order valence-electron chi connectivity index (χ1n) is 8.12. The third-order valence-corrected chi connectivity index (χ3v) is 3.42. The van der Waals surface area contributed by atoms with E-state index in [2.05, 4.69) is 10.6 Å². The summed E-state index contributed by atoms with van der Waals surface area (Å²) in [6.07, 6.45) is 0.616. The first kappa shape index (κ1) is 20.5. The number of amides is 2. The number of ether oxygens (including phenoxy) is 1. The number of nitrogens with one attached hydrogen (secondary N) is 2. The van der Waals surface area contributed by atoms with Gasteiger partial charge < -0.3 is 20.5 Å². The number of aliphatic carboxylic acids is 1. The standard InChI is InChI=1S/C18H26N2O5/c1-12(20-17(24)18(2,3)4)16(23)19-10-9-13-5-7-14(8-6-13)25-11-15(21)22/h5-8,12H,9-11H2,1-4H3,(H,19,23)(H,20,24)(H,21,22). The first-order chi connectivity index (χ1) is 11.6. The van der Waals surface area contributed by atoms with Crippen LogP contribution in [0.3, 0.4) is 0 Å². The summed E-state index contributed by atoms with van der Waals surface area (Å²) < 4.78 is 5.05. The van der Waals surface area contributed by atoms with Gasteiger partial charge in [0.2, 0.25) is 11.8 Å². The van der Waals surface area contributed by atoms with E-state index in [-0.39, 0.29) is 18.4 Å². The highest BCUT2D eigenvalue weighted by molar-refractivity contribution is 5.89. The average Bonchev–Trinajstić information content (AvgIpc) is 2.52. The minimum Gasteiger partial charge on any atom is -0.482 e. The monoisotopic (exact) mass is 350 g/mol. The molecule has 0 aliphatic rings. The second-order valence-corrected chi connectivity index (χ2v) is 6.81. The third-order valence-electron chi connectivity index (χ3n) is 3.42. The van der Waals surface area contributed by atoms with Crippen molar-refractivity contribution in [2.75, 3.05) is 13.2 Å². The molecule has 0 spiro atoms. The van der Waals surface area contributed by atoms with Crippen molar-refractivity contribution in [2.24, 2.45) is 5.41 Å². The zero-order chi connectivity index (χ0) is 19.0. The lowest BCUT2D eigenvalue weighted by Gasteiger charge is -2.21. The Labute approximate surface area is 147 Å². The summed E-state index contributed by atoms with van der Waals surface area (Å²) in [5, 5.41) is 14.0. The van der Waals surface area contributed by atoms with Crippen LogP contribution in [0.1, 0.15) is 33.3 Å². The molecule has 3 N–H and O–H groups in total. The summed E-state index contributed by atoms with van der Waals surface area (Å²) in [6.45, 7) is 7.06. The summed E-state index contributed by atoms with van der Waals surface area (Å²) in [7, 11) is 0. The molecule has 0 aliphatic carbocycles. The Kier molecular flexibility index (Phi) is 7.42. The highest BCUT2D eigenvalue weighted by Crippen LogP contribution is 2.13. The van der Waals surface area contributed by atoms with Crippen molar-refractivity contribution in [3.8, 4) is 5.75 Å². The van der Waals surface area contributed by atoms with Crippen LogP contribution in [0.2, 0.25) is 0 Å². The fourth-order valence-electron chi connectivity index (χ4n) is 1.86. The molecule has 0 radical (unpaired) electrons. The maximum Gasteiger partial charge on any atom is 0.341 e. The van der Waals surface area contributed by atoms with Crippen molar-refractivity contribution < 1.29 is 24.2 Å². The van der Waals surface area contributed by atoms with Crippen LogP contribution in [0.4, 0.5) is 0 Å². The van der Waals surface area contributed by atoms with Crippen LogP contribution in [-0.2, 0) is 20.8 Å². The minimum absolute atomic E-state index is 0.174. The van der Waals surface area contributed by atoms with Gasteiger partial charge in [-0.3, -0.25) is 9.59 Å². The van der Waals surface area contributed by atoms with Crippen LogP contribution in [-0.4, -0.2) is 42.1 Å². The molecule has 1 unspecified atom stereocenters. The Balaban J connectivity index is 2.37. The normalized spacial score (nSPS) is 12.2. The smallest absolute Gasteiger partial charge is 0.341 e. The van der Waals surface area contributed by atoms with E-state index in [1.807, 2.05) is 12.1 Å². The van der Waals surface area contributed by atoms with Crippen LogP contribution in [0.15, 0.2) is 24.3 Å². The molecule has 1 rings (SSSR count). The molecule has 7 heteroatoms. The van der Waals surface area contributed by atoms with E-state index < -0.39 is 17.4 Å². The van der Waals surface area contributed by atoms with Crippen LogP contribution in [0, 0.1) is 5.41 Å². The van der Waals surface area contributed by atoms with Crippen molar-refractivity contribution in [3.63, 3.8) is 0 Å². The zero-order valence-corrected chi connectivity index (χ0v) is 15.1. The van der Waals surface area contributed by atoms with Crippen LogP contribution < -0.4 is 15.4 Å². The average molecular weight is 350 g/mol. The van der Waals surface area contributed by atoms with E-state index in [1.165, 1.54) is 0 Å². The molecule has 1 aromatic carbocycles. The first-order valence-corrected chi connectivity index (χ1v) is 8.12. The number of benzene rings is 1. The molecule has 2 amide bonds. The molecule has 138 valence electrons. The predicted octanol–water partition coefficient (Wildman–Crippen LogP) is 1.36. The van der Waals surface area contributed by atoms with Crippen LogP contribution >= 0.6 is 0 Å². The molecule has 1 atom stereocenters. The zero-order valence-electron chi connectivity index (χ0n) is 15.1. The lowest BCUT2D eigenvalue weighted by molar-refractivity contribution is -0.139. The van der Waals surface area contributed by atoms with Gasteiger partial charge in [-0.1, -0.05) is 32.9 Å². The third kappa shape index (κ3) is 7.69. The van der Waals surface area contributed by atoms with Gasteiger partial charge in [-0.25, -0.2) is 4.79 Å². The van der Waals surface area contributed by atoms with Gasteiger partial charge >= 0.3 is 5.97 Å². The van der Waals surface area contributed by atoms with E-state index in [0.29, 0.717) is 18.7 Å². The van der Waals surface area contributed by atoms with E-state index >= 15 is 0 Å². The number of rotatable bonds is 8. The van der Waals surface area contributed by atoms with E-state index in [0.717, 1.165) is 5.56 Å². The van der Waals surface area contributed by atoms with Gasteiger partial charge in [0.25, 0.3) is 0 Å². The lowest BCUT2D eigenvalue weighted by Crippen LogP contribution is -2.48. The Hall–Kier alpha value is -2.57. The summed E-state index contributed by atoms with van der Waals surface area (Å²) in [4.78, 5) is 34.3. The van der Waals surface area contributed by atoms with Gasteiger partial charge in [0.05, 0.1) is 0 Å². The summed E-state index contributed by atoms with van der Waals surface area (Å²) in [5.41, 5.74) is 0.438. The SMILES string of the molecule is CC(NC(=O)C(C)(C)C)C(=O)NCCc1ccc(OCC(=O)O)cc1. The molecular formula is C18H26N2O5. The second-order valence-electron chi connectivity index (χ2n) is 6.81. The van der Waals surface area contributed by atoms with E-state index in [9.17, 15) is 14.4 Å². The van der Waals surface area contributed by atoms with Gasteiger partial charge in [0, 0.05) is 12.0 Å². The molecule has 0 saturated carbocycles. The minimum atomic E-state index is -1.03. The summed E-state index contributed by atoms with van der Waals surface area (Å²) >= 11 is 0. The number of carboxylic acids is 1. The highest BCUT2D eigenvalue weighted by atomic mass is 16.5. The van der Waals surface area contributed by atoms with Crippen molar-refractivity contribution in [1.82, 2.24) is 10.6 Å². The largest absolute Gasteiger partial charge is 0.482 e. The fraction of sp³-hybridized carbons (Fsp3) is 0.500. The Morgan fingerprint density at radius 2 is 1.76 bits per heavy atom. The number of carboxylic acid groups (broad SMARTS) is 1. The van der Waals surface area contributed by atoms with Crippen molar-refractivity contribution >= 4 is 17.8 Å². The topological polar surface area (TPSA) is 105 Å². The maximum absolute atomic E-state index is 12.0. The van der Waals surface area contributed by atoms with Crippen molar-refractivity contribution in [3.05, 3.63) is 29.8 Å². The van der Waals surface area contributed by atoms with Gasteiger partial charge in [-0.15, -0.1) is 0 Å². The van der Waals surface area contributed by atoms with E-state index in [1.54, 1.807) is 39.8 Å². The van der Waals surface area contributed by atoms with Gasteiger partial charge in [-0.2, -0.15) is 0 Å². The molecule has 0 aliphatic heterocycles. The van der Waals surface area contributed by atoms with Crippen LogP contribution in [0.25, 0.3) is 0 Å². The molecule has 0 bridgehead atoms. The Bertz CT molecular complexity index is 605. The Morgan fingerprint density at radius 1 is 1.16 bits per heavy atom. The van der Waals surface area contributed by atoms with E-state index in [4.69, 9.17) is 9.84 Å². The molecule has 25 heavy (non-hydrogen) atoms. The maximum atomic E-state index is 12.0. The summed E-state index contributed by atoms with van der Waals surface area (Å²) in [6, 6.07) is 6.40. The molecule has 0 aromatic heterocycles. The molecular weight excluding hydrogens is 324 g/mol. The van der Waals surface area contributed by atoms with Crippen molar-refractivity contribution in [2.45, 2.75) is 40.2 Å². The number of hydrogen-bond acceptors (Lipinski definition) is 4. The molecule has 7 nitrogen and oxygen atoms in total. The number of hydrogen-bond donors (Lipinski definition) is 3. The second kappa shape index (κ2) is 9.05. The number of carbonyl (C=O) groups is 3. The molecule has 0 saturated heterocycles. The van der Waals surface area contributed by atoms with Gasteiger partial charge in [0.15, 0.2) is 6.61 Å². The number of carbonyl (C=O) groups excluding carboxylic acids is 2. The highest BCUT2D eigenvalue weighted by Gasteiger charge is 2.24.